The van der Waals surface area contributed by atoms with E-state index in [1.54, 1.807) is 7.11 Å². The lowest BCUT2D eigenvalue weighted by Crippen LogP contribution is -2.04. The van der Waals surface area contributed by atoms with Gasteiger partial charge in [0.2, 0.25) is 0 Å². The van der Waals surface area contributed by atoms with Crippen molar-refractivity contribution in [2.75, 3.05) is 7.11 Å². The maximum atomic E-state index is 9.89. The minimum atomic E-state index is 0.668. The van der Waals surface area contributed by atoms with E-state index in [0.29, 0.717) is 12.1 Å². The number of hydrogen-bond donors (Lipinski definition) is 0. The maximum Gasteiger partial charge on any atom is 0.118 e. The molecule has 29 heavy (non-hydrogen) atoms. The summed E-state index contributed by atoms with van der Waals surface area (Å²) >= 11 is 0. The maximum absolute atomic E-state index is 9.89. The molecule has 4 aromatic rings. The summed E-state index contributed by atoms with van der Waals surface area (Å²) in [7, 11) is 1.66. The summed E-state index contributed by atoms with van der Waals surface area (Å²) in [6, 6.07) is 31.1. The Bertz CT molecular complexity index is 1150. The van der Waals surface area contributed by atoms with Gasteiger partial charge in [-0.3, -0.25) is 0 Å². The molecule has 0 aliphatic carbocycles. The highest BCUT2D eigenvalue weighted by molar-refractivity contribution is 5.76. The van der Waals surface area contributed by atoms with Gasteiger partial charge >= 0.3 is 0 Å². The molecule has 3 heteroatoms. The SMILES string of the molecule is COc1ccc(-c2c(C#N)cc(-c3ccc(C)cc3)n2Cc2ccccc2)cc1. The molecule has 3 aromatic carbocycles. The molecule has 0 radical (unpaired) electrons. The fourth-order valence-corrected chi connectivity index (χ4v) is 3.59. The van der Waals surface area contributed by atoms with E-state index in [1.807, 2.05) is 48.5 Å². The van der Waals surface area contributed by atoms with Gasteiger partial charge in [0.25, 0.3) is 0 Å². The number of methoxy groups -OCH3 is 1. The van der Waals surface area contributed by atoms with Crippen molar-refractivity contribution in [2.45, 2.75) is 13.5 Å². The molecule has 1 heterocycles. The predicted octanol–water partition coefficient (Wildman–Crippen LogP) is 6.06. The van der Waals surface area contributed by atoms with Crippen LogP contribution in [0, 0.1) is 18.3 Å². The molecule has 0 spiro atoms. The van der Waals surface area contributed by atoms with Gasteiger partial charge < -0.3 is 9.30 Å². The third-order valence-corrected chi connectivity index (χ3v) is 5.11. The Morgan fingerprint density at radius 3 is 2.14 bits per heavy atom. The average Bonchev–Trinajstić information content (AvgIpc) is 3.13. The highest BCUT2D eigenvalue weighted by atomic mass is 16.5. The molecule has 4 rings (SSSR count). The fraction of sp³-hybridized carbons (Fsp3) is 0.115. The normalized spacial score (nSPS) is 10.5. The summed E-state index contributed by atoms with van der Waals surface area (Å²) in [6.45, 7) is 2.77. The quantitative estimate of drug-likeness (QED) is 0.423. The van der Waals surface area contributed by atoms with Gasteiger partial charge in [0.15, 0.2) is 0 Å². The van der Waals surface area contributed by atoms with Gasteiger partial charge in [-0.2, -0.15) is 5.26 Å². The number of rotatable bonds is 5. The summed E-state index contributed by atoms with van der Waals surface area (Å²) in [6.07, 6.45) is 0. The largest absolute Gasteiger partial charge is 0.497 e. The second-order valence-corrected chi connectivity index (χ2v) is 7.07. The van der Waals surface area contributed by atoms with E-state index < -0.39 is 0 Å². The number of nitriles is 1. The van der Waals surface area contributed by atoms with Crippen LogP contribution in [0.1, 0.15) is 16.7 Å². The smallest absolute Gasteiger partial charge is 0.118 e. The number of nitrogens with zero attached hydrogens (tertiary/aromatic N) is 2. The van der Waals surface area contributed by atoms with Crippen LogP contribution in [-0.2, 0) is 6.54 Å². The Balaban J connectivity index is 1.92. The topological polar surface area (TPSA) is 37.9 Å². The van der Waals surface area contributed by atoms with Crippen LogP contribution in [0.25, 0.3) is 22.5 Å². The average molecular weight is 378 g/mol. The van der Waals surface area contributed by atoms with Crippen LogP contribution in [0.4, 0.5) is 0 Å². The van der Waals surface area contributed by atoms with Gasteiger partial charge in [-0.1, -0.05) is 60.2 Å². The Labute approximate surface area is 171 Å². The van der Waals surface area contributed by atoms with E-state index in [9.17, 15) is 5.26 Å². The van der Waals surface area contributed by atoms with E-state index in [0.717, 1.165) is 28.3 Å². The van der Waals surface area contributed by atoms with Gasteiger partial charge in [0.05, 0.1) is 24.1 Å². The Kier molecular flexibility index (Phi) is 5.18. The molecular formula is C26H22N2O. The lowest BCUT2D eigenvalue weighted by atomic mass is 10.1. The van der Waals surface area contributed by atoms with E-state index in [4.69, 9.17) is 4.74 Å². The molecule has 0 fully saturated rings. The van der Waals surface area contributed by atoms with Crippen molar-refractivity contribution < 1.29 is 4.74 Å². The van der Waals surface area contributed by atoms with Crippen LogP contribution in [0.5, 0.6) is 5.75 Å². The molecule has 0 aliphatic heterocycles. The molecule has 0 bridgehead atoms. The van der Waals surface area contributed by atoms with E-state index in [2.05, 4.69) is 54.0 Å². The van der Waals surface area contributed by atoms with E-state index in [1.165, 1.54) is 11.1 Å². The van der Waals surface area contributed by atoms with Crippen molar-refractivity contribution in [2.24, 2.45) is 0 Å². The summed E-state index contributed by atoms with van der Waals surface area (Å²) in [4.78, 5) is 0. The van der Waals surface area contributed by atoms with Crippen LogP contribution in [0.2, 0.25) is 0 Å². The number of aromatic nitrogens is 1. The Morgan fingerprint density at radius 1 is 0.862 bits per heavy atom. The highest BCUT2D eigenvalue weighted by Crippen LogP contribution is 2.34. The monoisotopic (exact) mass is 378 g/mol. The van der Waals surface area contributed by atoms with Gasteiger partial charge in [0.1, 0.15) is 11.8 Å². The molecule has 0 amide bonds. The number of hydrogen-bond acceptors (Lipinski definition) is 2. The summed E-state index contributed by atoms with van der Waals surface area (Å²) in [5, 5.41) is 9.89. The first-order chi connectivity index (χ1) is 14.2. The van der Waals surface area contributed by atoms with Crippen LogP contribution >= 0.6 is 0 Å². The highest BCUT2D eigenvalue weighted by Gasteiger charge is 2.18. The van der Waals surface area contributed by atoms with Gasteiger partial charge in [-0.15, -0.1) is 0 Å². The second-order valence-electron chi connectivity index (χ2n) is 7.07. The zero-order valence-electron chi connectivity index (χ0n) is 16.6. The summed E-state index contributed by atoms with van der Waals surface area (Å²) in [5.74, 6) is 0.798. The van der Waals surface area contributed by atoms with Crippen molar-refractivity contribution in [1.29, 1.82) is 5.26 Å². The zero-order chi connectivity index (χ0) is 20.2. The Hall–Kier alpha value is -3.77. The van der Waals surface area contributed by atoms with Crippen molar-refractivity contribution in [3.63, 3.8) is 0 Å². The van der Waals surface area contributed by atoms with E-state index in [-0.39, 0.29) is 0 Å². The Morgan fingerprint density at radius 2 is 1.52 bits per heavy atom. The third kappa shape index (κ3) is 3.79. The number of aryl methyl sites for hydroxylation is 1. The lowest BCUT2D eigenvalue weighted by Gasteiger charge is -2.15. The summed E-state index contributed by atoms with van der Waals surface area (Å²) in [5.41, 5.74) is 7.13. The van der Waals surface area contributed by atoms with E-state index >= 15 is 0 Å². The zero-order valence-corrected chi connectivity index (χ0v) is 16.6. The standard InChI is InChI=1S/C26H22N2O/c1-19-8-10-21(11-9-19)25-16-23(17-27)26(22-12-14-24(29-2)15-13-22)28(25)18-20-6-4-3-5-7-20/h3-16H,18H2,1-2H3. The number of benzene rings is 3. The molecule has 3 nitrogen and oxygen atoms in total. The van der Waals surface area contributed by atoms with Gasteiger partial charge in [0, 0.05) is 6.54 Å². The second kappa shape index (κ2) is 8.08. The van der Waals surface area contributed by atoms with Crippen LogP contribution < -0.4 is 4.74 Å². The first-order valence-corrected chi connectivity index (χ1v) is 9.58. The molecule has 1 aromatic heterocycles. The van der Waals surface area contributed by atoms with Gasteiger partial charge in [-0.05, 0) is 53.9 Å². The molecular weight excluding hydrogens is 356 g/mol. The van der Waals surface area contributed by atoms with Gasteiger partial charge in [-0.25, -0.2) is 0 Å². The summed E-state index contributed by atoms with van der Waals surface area (Å²) < 4.78 is 7.54. The first kappa shape index (κ1) is 18.6. The molecule has 0 atom stereocenters. The third-order valence-electron chi connectivity index (χ3n) is 5.11. The van der Waals surface area contributed by atoms with Crippen LogP contribution in [-0.4, -0.2) is 11.7 Å². The van der Waals surface area contributed by atoms with Crippen molar-refractivity contribution in [1.82, 2.24) is 4.57 Å². The molecule has 0 aliphatic rings. The van der Waals surface area contributed by atoms with Crippen molar-refractivity contribution >= 4 is 0 Å². The fourth-order valence-electron chi connectivity index (χ4n) is 3.59. The lowest BCUT2D eigenvalue weighted by molar-refractivity contribution is 0.415. The minimum Gasteiger partial charge on any atom is -0.497 e. The van der Waals surface area contributed by atoms with Crippen molar-refractivity contribution in [3.05, 3.63) is 102 Å². The van der Waals surface area contributed by atoms with Crippen LogP contribution in [0.3, 0.4) is 0 Å². The number of ether oxygens (including phenoxy) is 1. The predicted molar refractivity (Wildman–Crippen MR) is 117 cm³/mol. The molecule has 0 N–H and O–H groups in total. The molecule has 0 unspecified atom stereocenters. The molecule has 142 valence electrons. The molecule has 0 saturated heterocycles. The van der Waals surface area contributed by atoms with Crippen molar-refractivity contribution in [3.8, 4) is 34.3 Å². The van der Waals surface area contributed by atoms with Crippen LogP contribution in [0.15, 0.2) is 84.9 Å². The minimum absolute atomic E-state index is 0.668. The first-order valence-electron chi connectivity index (χ1n) is 9.58. The molecule has 0 saturated carbocycles.